The van der Waals surface area contributed by atoms with Gasteiger partial charge in [0.2, 0.25) is 0 Å². The van der Waals surface area contributed by atoms with Crippen molar-refractivity contribution in [3.63, 3.8) is 0 Å². The Balaban J connectivity index is 2.81. The van der Waals surface area contributed by atoms with Crippen molar-refractivity contribution in [2.24, 2.45) is 0 Å². The first-order valence-electron chi connectivity index (χ1n) is 7.25. The molecule has 0 aliphatic carbocycles. The second kappa shape index (κ2) is 8.53. The van der Waals surface area contributed by atoms with Gasteiger partial charge in [-0.2, -0.15) is 11.8 Å². The van der Waals surface area contributed by atoms with Crippen LogP contribution < -0.4 is 10.2 Å². The summed E-state index contributed by atoms with van der Waals surface area (Å²) < 4.78 is 14.3. The Kier molecular flexibility index (Phi) is 7.38. The first-order chi connectivity index (χ1) is 9.51. The van der Waals surface area contributed by atoms with Crippen molar-refractivity contribution in [1.29, 1.82) is 0 Å². The van der Waals surface area contributed by atoms with Crippen molar-refractivity contribution in [1.82, 2.24) is 5.32 Å². The van der Waals surface area contributed by atoms with Gasteiger partial charge in [-0.15, -0.1) is 0 Å². The second-order valence-corrected chi connectivity index (χ2v) is 6.22. The lowest BCUT2D eigenvalue weighted by Gasteiger charge is -2.28. The summed E-state index contributed by atoms with van der Waals surface area (Å²) in [4.78, 5) is 2.03. The number of hydrogen-bond acceptors (Lipinski definition) is 3. The molecular weight excluding hydrogens is 271 g/mol. The Morgan fingerprint density at radius 1 is 1.35 bits per heavy atom. The molecule has 0 saturated heterocycles. The standard InChI is InChI=1S/C16H27FN2S/c1-6-18-13(3)14-7-8-16(15(17)11-14)19(4)12(2)9-10-20-5/h7-8,11-13,18H,6,9-10H2,1-5H3. The maximum absolute atomic E-state index is 14.3. The molecule has 0 aliphatic rings. The average molecular weight is 298 g/mol. The van der Waals surface area contributed by atoms with Gasteiger partial charge in [0.05, 0.1) is 5.69 Å². The molecule has 2 atom stereocenters. The predicted octanol–water partition coefficient (Wildman–Crippen LogP) is 4.07. The Hall–Kier alpha value is -0.740. The summed E-state index contributed by atoms with van der Waals surface area (Å²) in [5.41, 5.74) is 1.68. The predicted molar refractivity (Wildman–Crippen MR) is 89.4 cm³/mol. The Bertz CT molecular complexity index is 411. The topological polar surface area (TPSA) is 15.3 Å². The number of nitrogens with zero attached hydrogens (tertiary/aromatic N) is 1. The number of nitrogens with one attached hydrogen (secondary N) is 1. The minimum absolute atomic E-state index is 0.134. The highest BCUT2D eigenvalue weighted by atomic mass is 32.2. The van der Waals surface area contributed by atoms with Gasteiger partial charge >= 0.3 is 0 Å². The Labute approximate surface area is 127 Å². The van der Waals surface area contributed by atoms with Crippen LogP contribution in [0.1, 0.15) is 38.8 Å². The molecule has 1 aromatic rings. The van der Waals surface area contributed by atoms with Crippen LogP contribution in [-0.2, 0) is 0 Å². The Morgan fingerprint density at radius 2 is 2.05 bits per heavy atom. The van der Waals surface area contributed by atoms with E-state index in [-0.39, 0.29) is 11.9 Å². The lowest BCUT2D eigenvalue weighted by molar-refractivity contribution is 0.575. The SMILES string of the molecule is CCNC(C)c1ccc(N(C)C(C)CCSC)c(F)c1. The summed E-state index contributed by atoms with van der Waals surface area (Å²) in [6.45, 7) is 7.15. The third-order valence-corrected chi connectivity index (χ3v) is 4.41. The molecule has 1 N–H and O–H groups in total. The van der Waals surface area contributed by atoms with Crippen LogP contribution in [-0.4, -0.2) is 31.6 Å². The molecule has 20 heavy (non-hydrogen) atoms. The molecule has 4 heteroatoms. The van der Waals surface area contributed by atoms with Crippen LogP contribution >= 0.6 is 11.8 Å². The van der Waals surface area contributed by atoms with Crippen molar-refractivity contribution in [2.45, 2.75) is 39.3 Å². The molecular formula is C16H27FN2S. The zero-order valence-electron chi connectivity index (χ0n) is 13.2. The van der Waals surface area contributed by atoms with Crippen LogP contribution in [0.2, 0.25) is 0 Å². The van der Waals surface area contributed by atoms with E-state index in [9.17, 15) is 4.39 Å². The van der Waals surface area contributed by atoms with E-state index in [0.29, 0.717) is 11.7 Å². The molecule has 0 spiro atoms. The fraction of sp³-hybridized carbons (Fsp3) is 0.625. The number of anilines is 1. The van der Waals surface area contributed by atoms with Crippen molar-refractivity contribution < 1.29 is 4.39 Å². The van der Waals surface area contributed by atoms with Gasteiger partial charge in [-0.25, -0.2) is 4.39 Å². The highest BCUT2D eigenvalue weighted by Gasteiger charge is 2.15. The van der Waals surface area contributed by atoms with Gasteiger partial charge < -0.3 is 10.2 Å². The van der Waals surface area contributed by atoms with Crippen LogP contribution in [0, 0.1) is 5.82 Å². The van der Waals surface area contributed by atoms with E-state index in [1.54, 1.807) is 6.07 Å². The van der Waals surface area contributed by atoms with Gasteiger partial charge in [0.1, 0.15) is 5.82 Å². The number of benzene rings is 1. The maximum atomic E-state index is 14.3. The average Bonchev–Trinajstić information content (AvgIpc) is 2.44. The molecule has 114 valence electrons. The van der Waals surface area contributed by atoms with Crippen molar-refractivity contribution in [3.05, 3.63) is 29.6 Å². The molecule has 0 aliphatic heterocycles. The highest BCUT2D eigenvalue weighted by molar-refractivity contribution is 7.98. The van der Waals surface area contributed by atoms with Gasteiger partial charge in [-0.1, -0.05) is 13.0 Å². The number of thioether (sulfide) groups is 1. The summed E-state index contributed by atoms with van der Waals surface area (Å²) >= 11 is 1.83. The molecule has 2 nitrogen and oxygen atoms in total. The van der Waals surface area contributed by atoms with Crippen LogP contribution in [0.4, 0.5) is 10.1 Å². The first-order valence-corrected chi connectivity index (χ1v) is 8.65. The van der Waals surface area contributed by atoms with E-state index >= 15 is 0 Å². The molecule has 0 aromatic heterocycles. The van der Waals surface area contributed by atoms with Gasteiger partial charge in [-0.05, 0) is 56.5 Å². The second-order valence-electron chi connectivity index (χ2n) is 5.23. The van der Waals surface area contributed by atoms with E-state index in [4.69, 9.17) is 0 Å². The summed E-state index contributed by atoms with van der Waals surface area (Å²) in [6, 6.07) is 6.09. The maximum Gasteiger partial charge on any atom is 0.146 e. The molecule has 0 fully saturated rings. The number of halogens is 1. The van der Waals surface area contributed by atoms with Crippen LogP contribution in [0.15, 0.2) is 18.2 Å². The lowest BCUT2D eigenvalue weighted by Crippen LogP contribution is -2.30. The van der Waals surface area contributed by atoms with Crippen LogP contribution in [0.5, 0.6) is 0 Å². The van der Waals surface area contributed by atoms with Crippen LogP contribution in [0.25, 0.3) is 0 Å². The van der Waals surface area contributed by atoms with Crippen molar-refractivity contribution >= 4 is 17.4 Å². The van der Waals surface area contributed by atoms with E-state index in [2.05, 4.69) is 32.3 Å². The van der Waals surface area contributed by atoms with Crippen molar-refractivity contribution in [3.8, 4) is 0 Å². The molecule has 1 rings (SSSR count). The van der Waals surface area contributed by atoms with Gasteiger partial charge in [0.15, 0.2) is 0 Å². The van der Waals surface area contributed by atoms with Crippen LogP contribution in [0.3, 0.4) is 0 Å². The minimum Gasteiger partial charge on any atom is -0.369 e. The first kappa shape index (κ1) is 17.3. The minimum atomic E-state index is -0.134. The lowest BCUT2D eigenvalue weighted by atomic mass is 10.1. The number of rotatable bonds is 8. The fourth-order valence-corrected chi connectivity index (χ4v) is 2.80. The molecule has 0 amide bonds. The van der Waals surface area contributed by atoms with E-state index in [0.717, 1.165) is 24.3 Å². The fourth-order valence-electron chi connectivity index (χ4n) is 2.22. The zero-order chi connectivity index (χ0) is 15.1. The highest BCUT2D eigenvalue weighted by Crippen LogP contribution is 2.25. The molecule has 0 bridgehead atoms. The molecule has 2 unspecified atom stereocenters. The molecule has 0 heterocycles. The quantitative estimate of drug-likeness (QED) is 0.778. The van der Waals surface area contributed by atoms with Gasteiger partial charge in [0, 0.05) is 19.1 Å². The summed E-state index contributed by atoms with van der Waals surface area (Å²) in [5, 5.41) is 3.31. The summed E-state index contributed by atoms with van der Waals surface area (Å²) in [7, 11) is 1.97. The van der Waals surface area contributed by atoms with Gasteiger partial charge in [-0.3, -0.25) is 0 Å². The van der Waals surface area contributed by atoms with Crippen molar-refractivity contribution in [2.75, 3.05) is 30.5 Å². The Morgan fingerprint density at radius 3 is 2.60 bits per heavy atom. The van der Waals surface area contributed by atoms with E-state index in [1.807, 2.05) is 35.8 Å². The largest absolute Gasteiger partial charge is 0.369 e. The number of hydrogen-bond donors (Lipinski definition) is 1. The van der Waals surface area contributed by atoms with E-state index < -0.39 is 0 Å². The summed E-state index contributed by atoms with van der Waals surface area (Å²) in [5.74, 6) is 0.966. The molecule has 0 radical (unpaired) electrons. The molecule has 1 aromatic carbocycles. The normalized spacial score (nSPS) is 14.1. The summed E-state index contributed by atoms with van der Waals surface area (Å²) in [6.07, 6.45) is 3.16. The molecule has 0 saturated carbocycles. The monoisotopic (exact) mass is 298 g/mol. The zero-order valence-corrected chi connectivity index (χ0v) is 14.1. The van der Waals surface area contributed by atoms with E-state index in [1.165, 1.54) is 0 Å². The third kappa shape index (κ3) is 4.67. The van der Waals surface area contributed by atoms with Gasteiger partial charge in [0.25, 0.3) is 0 Å². The smallest absolute Gasteiger partial charge is 0.146 e. The third-order valence-electron chi connectivity index (χ3n) is 3.76.